The molecule has 4 nitrogen and oxygen atoms in total. The fourth-order valence-electron chi connectivity index (χ4n) is 2.21. The van der Waals surface area contributed by atoms with Crippen LogP contribution < -0.4 is 0 Å². The lowest BCUT2D eigenvalue weighted by Crippen LogP contribution is -2.34. The molecule has 20 heavy (non-hydrogen) atoms. The van der Waals surface area contributed by atoms with Gasteiger partial charge in [0.05, 0.1) is 12.6 Å². The summed E-state index contributed by atoms with van der Waals surface area (Å²) in [5, 5.41) is 9.97. The third-order valence-corrected chi connectivity index (χ3v) is 3.75. The molecular formula is C14H15F2NO3. The van der Waals surface area contributed by atoms with Gasteiger partial charge < -0.3 is 5.11 Å². The van der Waals surface area contributed by atoms with Crippen molar-refractivity contribution in [3.63, 3.8) is 0 Å². The molecule has 6 heteroatoms. The molecule has 2 rings (SSSR count). The van der Waals surface area contributed by atoms with Gasteiger partial charge in [0.25, 0.3) is 0 Å². The van der Waals surface area contributed by atoms with Crippen LogP contribution in [0.5, 0.6) is 0 Å². The van der Waals surface area contributed by atoms with Gasteiger partial charge in [-0.25, -0.2) is 8.78 Å². The van der Waals surface area contributed by atoms with Crippen LogP contribution in [0.1, 0.15) is 25.5 Å². The Kier molecular flexibility index (Phi) is 3.85. The number of likely N-dealkylation sites (tertiary alicyclic amines) is 1. The van der Waals surface area contributed by atoms with Gasteiger partial charge in [0.2, 0.25) is 11.8 Å². The lowest BCUT2D eigenvalue weighted by molar-refractivity contribution is -0.141. The molecule has 1 saturated heterocycles. The zero-order valence-electron chi connectivity index (χ0n) is 11.1. The molecule has 1 N–H and O–H groups in total. The number of nitrogens with zero attached hydrogens (tertiary/aromatic N) is 1. The number of β-amino-alcohol motifs (C(OH)–C–C–N with tert-alkyl or cyclic N) is 1. The number of rotatable bonds is 3. The van der Waals surface area contributed by atoms with Crippen molar-refractivity contribution < 1.29 is 23.5 Å². The topological polar surface area (TPSA) is 57.6 Å². The van der Waals surface area contributed by atoms with E-state index in [-0.39, 0.29) is 23.9 Å². The number of hydrogen-bond donors (Lipinski definition) is 1. The van der Waals surface area contributed by atoms with Crippen molar-refractivity contribution in [2.24, 2.45) is 11.8 Å². The Morgan fingerprint density at radius 2 is 1.70 bits per heavy atom. The molecule has 1 heterocycles. The zero-order valence-corrected chi connectivity index (χ0v) is 11.1. The van der Waals surface area contributed by atoms with E-state index in [1.54, 1.807) is 13.8 Å². The zero-order chi connectivity index (χ0) is 15.0. The van der Waals surface area contributed by atoms with Crippen molar-refractivity contribution in [1.82, 2.24) is 4.90 Å². The number of aliphatic hydroxyl groups is 1. The van der Waals surface area contributed by atoms with Crippen LogP contribution in [0.3, 0.4) is 0 Å². The maximum absolute atomic E-state index is 13.1. The first-order chi connectivity index (χ1) is 9.32. The molecule has 0 radical (unpaired) electrons. The van der Waals surface area contributed by atoms with E-state index in [9.17, 15) is 23.5 Å². The van der Waals surface area contributed by atoms with Crippen molar-refractivity contribution in [2.75, 3.05) is 6.54 Å². The standard InChI is InChI=1S/C14H15F2NO3/c1-7-8(2)14(20)17(13(7)19)6-12(18)9-3-4-10(15)11(16)5-9/h3-5,7-8,12,18H,6H2,1-2H3. The molecule has 2 amide bonds. The highest BCUT2D eigenvalue weighted by Gasteiger charge is 2.42. The summed E-state index contributed by atoms with van der Waals surface area (Å²) in [5.74, 6) is -3.67. The minimum Gasteiger partial charge on any atom is -0.387 e. The van der Waals surface area contributed by atoms with Crippen LogP contribution in [0.2, 0.25) is 0 Å². The van der Waals surface area contributed by atoms with E-state index < -0.39 is 29.6 Å². The fourth-order valence-corrected chi connectivity index (χ4v) is 2.21. The summed E-state index contributed by atoms with van der Waals surface area (Å²) in [7, 11) is 0. The molecule has 3 unspecified atom stereocenters. The maximum atomic E-state index is 13.1. The second-order valence-electron chi connectivity index (χ2n) is 5.05. The fraction of sp³-hybridized carbons (Fsp3) is 0.429. The monoisotopic (exact) mass is 283 g/mol. The number of benzene rings is 1. The first kappa shape index (κ1) is 14.6. The van der Waals surface area contributed by atoms with Gasteiger partial charge >= 0.3 is 0 Å². The Balaban J connectivity index is 2.15. The molecule has 108 valence electrons. The Bertz CT molecular complexity index is 541. The molecule has 1 aromatic carbocycles. The first-order valence-electron chi connectivity index (χ1n) is 6.31. The highest BCUT2D eigenvalue weighted by Crippen LogP contribution is 2.27. The van der Waals surface area contributed by atoms with Crippen molar-refractivity contribution in [1.29, 1.82) is 0 Å². The molecule has 0 aliphatic carbocycles. The smallest absolute Gasteiger partial charge is 0.232 e. The summed E-state index contributed by atoms with van der Waals surface area (Å²) in [5.41, 5.74) is 0.122. The third kappa shape index (κ3) is 2.43. The summed E-state index contributed by atoms with van der Waals surface area (Å²) in [6.07, 6.45) is -1.24. The number of hydrogen-bond acceptors (Lipinski definition) is 3. The predicted molar refractivity (Wildman–Crippen MR) is 66.4 cm³/mol. The summed E-state index contributed by atoms with van der Waals surface area (Å²) >= 11 is 0. The normalized spacial score (nSPS) is 24.4. The van der Waals surface area contributed by atoms with E-state index in [2.05, 4.69) is 0 Å². The molecule has 1 fully saturated rings. The Morgan fingerprint density at radius 3 is 2.20 bits per heavy atom. The lowest BCUT2D eigenvalue weighted by atomic mass is 10.00. The van der Waals surface area contributed by atoms with Crippen LogP contribution >= 0.6 is 0 Å². The molecule has 0 bridgehead atoms. The predicted octanol–water partition coefficient (Wildman–Crippen LogP) is 1.64. The molecule has 1 aliphatic heterocycles. The lowest BCUT2D eigenvalue weighted by Gasteiger charge is -2.19. The Hall–Kier alpha value is -1.82. The summed E-state index contributed by atoms with van der Waals surface area (Å²) in [6.45, 7) is 3.04. The summed E-state index contributed by atoms with van der Waals surface area (Å²) in [4.78, 5) is 24.7. The van der Waals surface area contributed by atoms with E-state index in [0.29, 0.717) is 0 Å². The number of amides is 2. The maximum Gasteiger partial charge on any atom is 0.232 e. The van der Waals surface area contributed by atoms with Crippen LogP contribution in [0.25, 0.3) is 0 Å². The first-order valence-corrected chi connectivity index (χ1v) is 6.31. The summed E-state index contributed by atoms with van der Waals surface area (Å²) < 4.78 is 25.9. The van der Waals surface area contributed by atoms with E-state index in [0.717, 1.165) is 17.0 Å². The van der Waals surface area contributed by atoms with E-state index in [1.807, 2.05) is 0 Å². The largest absolute Gasteiger partial charge is 0.387 e. The quantitative estimate of drug-likeness (QED) is 0.858. The Labute approximate surface area is 115 Å². The second-order valence-corrected chi connectivity index (χ2v) is 5.05. The third-order valence-electron chi connectivity index (χ3n) is 3.75. The van der Waals surface area contributed by atoms with Gasteiger partial charge in [-0.1, -0.05) is 19.9 Å². The van der Waals surface area contributed by atoms with Crippen LogP contribution in [-0.2, 0) is 9.59 Å². The molecule has 1 aromatic rings. The van der Waals surface area contributed by atoms with Gasteiger partial charge in [0, 0.05) is 11.8 Å². The van der Waals surface area contributed by atoms with Gasteiger partial charge in [0.15, 0.2) is 11.6 Å². The highest BCUT2D eigenvalue weighted by molar-refractivity contribution is 6.04. The van der Waals surface area contributed by atoms with E-state index in [1.165, 1.54) is 6.07 Å². The molecular weight excluding hydrogens is 268 g/mol. The van der Waals surface area contributed by atoms with Crippen molar-refractivity contribution in [3.05, 3.63) is 35.4 Å². The molecule has 0 saturated carbocycles. The van der Waals surface area contributed by atoms with Gasteiger partial charge in [-0.15, -0.1) is 0 Å². The average Bonchev–Trinajstić information content (AvgIpc) is 2.59. The second kappa shape index (κ2) is 5.28. The molecule has 3 atom stereocenters. The Morgan fingerprint density at radius 1 is 1.15 bits per heavy atom. The van der Waals surface area contributed by atoms with Gasteiger partial charge in [0.1, 0.15) is 0 Å². The van der Waals surface area contributed by atoms with Crippen molar-refractivity contribution in [3.8, 4) is 0 Å². The van der Waals surface area contributed by atoms with Crippen LogP contribution in [0.4, 0.5) is 8.78 Å². The van der Waals surface area contributed by atoms with Crippen LogP contribution in [0.15, 0.2) is 18.2 Å². The SMILES string of the molecule is CC1C(=O)N(CC(O)c2ccc(F)c(F)c2)C(=O)C1C. The minimum atomic E-state index is -1.24. The summed E-state index contributed by atoms with van der Waals surface area (Å²) in [6, 6.07) is 2.98. The number of halogens is 2. The highest BCUT2D eigenvalue weighted by atomic mass is 19.2. The number of aliphatic hydroxyl groups excluding tert-OH is 1. The van der Waals surface area contributed by atoms with Crippen molar-refractivity contribution >= 4 is 11.8 Å². The minimum absolute atomic E-state index is 0.122. The number of carbonyl (C=O) groups excluding carboxylic acids is 2. The van der Waals surface area contributed by atoms with E-state index >= 15 is 0 Å². The number of carbonyl (C=O) groups is 2. The molecule has 1 aliphatic rings. The van der Waals surface area contributed by atoms with E-state index in [4.69, 9.17) is 0 Å². The molecule has 0 aromatic heterocycles. The average molecular weight is 283 g/mol. The number of imide groups is 1. The van der Waals surface area contributed by atoms with Gasteiger partial charge in [-0.2, -0.15) is 0 Å². The van der Waals surface area contributed by atoms with Crippen LogP contribution in [0, 0.1) is 23.5 Å². The van der Waals surface area contributed by atoms with Gasteiger partial charge in [-0.3, -0.25) is 14.5 Å². The van der Waals surface area contributed by atoms with Gasteiger partial charge in [-0.05, 0) is 17.7 Å². The van der Waals surface area contributed by atoms with Crippen LogP contribution in [-0.4, -0.2) is 28.4 Å². The van der Waals surface area contributed by atoms with Crippen molar-refractivity contribution in [2.45, 2.75) is 20.0 Å². The molecule has 0 spiro atoms.